The molecule has 0 aliphatic rings. The summed E-state index contributed by atoms with van der Waals surface area (Å²) >= 11 is 1.44. The lowest BCUT2D eigenvalue weighted by Crippen LogP contribution is -1.83. The second kappa shape index (κ2) is 2.68. The Bertz CT molecular complexity index is 42.9. The van der Waals surface area contributed by atoms with Gasteiger partial charge in [-0.3, -0.25) is 4.21 Å². The van der Waals surface area contributed by atoms with Crippen molar-refractivity contribution in [2.75, 3.05) is 5.08 Å². The summed E-state index contributed by atoms with van der Waals surface area (Å²) in [6.07, 6.45) is 0. The quantitative estimate of drug-likeness (QED) is 0.374. The normalized spacial score (nSPS) is 14.8. The van der Waals surface area contributed by atoms with E-state index in [2.05, 4.69) is 12.6 Å². The van der Waals surface area contributed by atoms with E-state index >= 15 is 0 Å². The Labute approximate surface area is 38.3 Å². The Morgan fingerprint density at radius 2 is 2.20 bits per heavy atom. The zero-order chi connectivity index (χ0) is 4.28. The molecule has 0 saturated carbocycles. The highest BCUT2D eigenvalue weighted by Gasteiger charge is 1.63. The van der Waals surface area contributed by atoms with E-state index in [1.54, 1.807) is 0 Å². The summed E-state index contributed by atoms with van der Waals surface area (Å²) in [5, 5.41) is -0.0833. The van der Waals surface area contributed by atoms with Gasteiger partial charge in [0.2, 0.25) is 0 Å². The van der Waals surface area contributed by atoms with Gasteiger partial charge in [-0.05, 0) is 11.1 Å². The third kappa shape index (κ3) is 4.46. The third-order valence-corrected chi connectivity index (χ3v) is 0.949. The summed E-state index contributed by atoms with van der Waals surface area (Å²) in [5.41, 5.74) is 0. The largest absolute Gasteiger partial charge is 0.772 e. The lowest BCUT2D eigenvalue weighted by atomic mass is 11.9. The van der Waals surface area contributed by atoms with Crippen LogP contribution in [0.15, 0.2) is 0 Å². The molecule has 0 bridgehead atoms. The molecule has 32 valence electrons. The first-order chi connectivity index (χ1) is 2.27. The molecule has 0 rings (SSSR count). The van der Waals surface area contributed by atoms with Crippen LogP contribution in [0.1, 0.15) is 0 Å². The molecule has 4 heteroatoms. The van der Waals surface area contributed by atoms with Crippen LogP contribution < -0.4 is 0 Å². The smallest absolute Gasteiger partial charge is 0.0530 e. The Morgan fingerprint density at radius 3 is 2.20 bits per heavy atom. The van der Waals surface area contributed by atoms with E-state index in [9.17, 15) is 8.76 Å². The number of hydrogen-bond donors (Lipinski definition) is 1. The molecule has 0 saturated heterocycles. The van der Waals surface area contributed by atoms with E-state index in [1.165, 1.54) is 0 Å². The second-order valence-corrected chi connectivity index (χ2v) is 2.07. The number of hydrogen-bond acceptors (Lipinski definition) is 3. The first-order valence-electron chi connectivity index (χ1n) is 0.938. The maximum Gasteiger partial charge on any atom is 0.0530 e. The minimum absolute atomic E-state index is 0.0833. The van der Waals surface area contributed by atoms with E-state index in [4.69, 9.17) is 0 Å². The summed E-state index contributed by atoms with van der Waals surface area (Å²) in [5.74, 6) is 0. The molecule has 0 aromatic heterocycles. The molecule has 2 nitrogen and oxygen atoms in total. The average molecular weight is 111 g/mol. The minimum Gasteiger partial charge on any atom is -0.772 e. The van der Waals surface area contributed by atoms with Gasteiger partial charge in [0.15, 0.2) is 0 Å². The van der Waals surface area contributed by atoms with Crippen LogP contribution >= 0.6 is 12.6 Å². The molecular weight excluding hydrogens is 108 g/mol. The van der Waals surface area contributed by atoms with Crippen molar-refractivity contribution in [1.29, 1.82) is 0 Å². The Hall–Kier alpha value is 0.460. The van der Waals surface area contributed by atoms with E-state index < -0.39 is 11.1 Å². The highest BCUT2D eigenvalue weighted by molar-refractivity contribution is 7.97. The van der Waals surface area contributed by atoms with Crippen molar-refractivity contribution in [1.82, 2.24) is 0 Å². The molecule has 0 N–H and O–H groups in total. The van der Waals surface area contributed by atoms with Gasteiger partial charge in [-0.1, -0.05) is 0 Å². The molecule has 0 heterocycles. The second-order valence-electron chi connectivity index (χ2n) is 0.433. The van der Waals surface area contributed by atoms with Crippen LogP contribution in [-0.4, -0.2) is 13.8 Å². The molecule has 0 aliphatic carbocycles. The Morgan fingerprint density at radius 1 is 2.00 bits per heavy atom. The molecule has 5 heavy (non-hydrogen) atoms. The number of thiol groups is 1. The van der Waals surface area contributed by atoms with Crippen molar-refractivity contribution >= 4 is 23.7 Å². The van der Waals surface area contributed by atoms with Gasteiger partial charge in [-0.2, -0.15) is 12.6 Å². The van der Waals surface area contributed by atoms with Crippen molar-refractivity contribution in [2.24, 2.45) is 0 Å². The molecule has 0 aromatic carbocycles. The summed E-state index contributed by atoms with van der Waals surface area (Å²) in [7, 11) is 0. The van der Waals surface area contributed by atoms with Gasteiger partial charge < -0.3 is 4.55 Å². The Balaban J connectivity index is 2.85. The van der Waals surface area contributed by atoms with Crippen molar-refractivity contribution < 1.29 is 8.76 Å². The van der Waals surface area contributed by atoms with Crippen molar-refractivity contribution in [3.05, 3.63) is 0 Å². The third-order valence-electron chi connectivity index (χ3n) is 0.105. The first-order valence-corrected chi connectivity index (χ1v) is 2.81. The molecule has 1 atom stereocenters. The van der Waals surface area contributed by atoms with E-state index in [1.807, 2.05) is 0 Å². The van der Waals surface area contributed by atoms with Gasteiger partial charge in [-0.25, -0.2) is 0 Å². The van der Waals surface area contributed by atoms with Crippen LogP contribution in [0.25, 0.3) is 0 Å². The molecule has 0 amide bonds. The molecule has 1 unspecified atom stereocenters. The maximum absolute atomic E-state index is 9.29. The molecule has 0 spiro atoms. The van der Waals surface area contributed by atoms with Crippen molar-refractivity contribution in [3.8, 4) is 0 Å². The zero-order valence-corrected chi connectivity index (χ0v) is 4.09. The fourth-order valence-corrected chi connectivity index (χ4v) is 0. The summed E-state index contributed by atoms with van der Waals surface area (Å²) in [6, 6.07) is 0. The predicted octanol–water partition coefficient (Wildman–Crippen LogP) is -0.247. The van der Waals surface area contributed by atoms with Crippen molar-refractivity contribution in [2.45, 2.75) is 0 Å². The lowest BCUT2D eigenvalue weighted by Gasteiger charge is -1.92. The van der Waals surface area contributed by atoms with Gasteiger partial charge in [0.1, 0.15) is 0 Å². The zero-order valence-electron chi connectivity index (χ0n) is 2.38. The molecule has 0 fully saturated rings. The van der Waals surface area contributed by atoms with Crippen LogP contribution in [0.5, 0.6) is 0 Å². The summed E-state index contributed by atoms with van der Waals surface area (Å²) < 4.78 is 18.6. The van der Waals surface area contributed by atoms with Gasteiger partial charge in [0.05, 0.1) is 5.08 Å². The molecule has 0 aliphatic heterocycles. The van der Waals surface area contributed by atoms with E-state index in [0.29, 0.717) is 0 Å². The van der Waals surface area contributed by atoms with E-state index in [0.717, 1.165) is 0 Å². The van der Waals surface area contributed by atoms with Crippen LogP contribution in [-0.2, 0) is 11.1 Å². The lowest BCUT2D eigenvalue weighted by molar-refractivity contribution is 0.542. The highest BCUT2D eigenvalue weighted by Crippen LogP contribution is 1.73. The monoisotopic (exact) mass is 111 g/mol. The van der Waals surface area contributed by atoms with Crippen LogP contribution in [0, 0.1) is 0 Å². The van der Waals surface area contributed by atoms with Gasteiger partial charge in [0.25, 0.3) is 0 Å². The molecule has 0 radical (unpaired) electrons. The fraction of sp³-hybridized carbons (Fsp3) is 1.00. The average Bonchev–Trinajstić information content (AvgIpc) is 1.38. The molecule has 0 aromatic rings. The van der Waals surface area contributed by atoms with Crippen LogP contribution in [0.2, 0.25) is 0 Å². The minimum atomic E-state index is -1.96. The summed E-state index contributed by atoms with van der Waals surface area (Å²) in [4.78, 5) is 0. The topological polar surface area (TPSA) is 40.1 Å². The number of rotatable bonds is 1. The Kier molecular flexibility index (Phi) is 2.93. The fourth-order valence-electron chi connectivity index (χ4n) is 0. The SMILES string of the molecule is O=S([O-])CS. The van der Waals surface area contributed by atoms with Crippen LogP contribution in [0.4, 0.5) is 0 Å². The van der Waals surface area contributed by atoms with Gasteiger partial charge in [-0.15, -0.1) is 0 Å². The highest BCUT2D eigenvalue weighted by atomic mass is 32.2. The molecular formula is CH3O2S2-. The van der Waals surface area contributed by atoms with Gasteiger partial charge >= 0.3 is 0 Å². The summed E-state index contributed by atoms with van der Waals surface area (Å²) in [6.45, 7) is 0. The van der Waals surface area contributed by atoms with Crippen molar-refractivity contribution in [3.63, 3.8) is 0 Å². The standard InChI is InChI=1S/CH4O2S2/c2-5(3)1-4/h4H,1H2,(H,2,3)/p-1. The predicted molar refractivity (Wildman–Crippen MR) is 22.8 cm³/mol. The van der Waals surface area contributed by atoms with Gasteiger partial charge in [0, 0.05) is 0 Å². The maximum atomic E-state index is 9.29. The van der Waals surface area contributed by atoms with E-state index in [-0.39, 0.29) is 5.08 Å². The van der Waals surface area contributed by atoms with Crippen LogP contribution in [0.3, 0.4) is 0 Å². The first kappa shape index (κ1) is 5.46.